The lowest BCUT2D eigenvalue weighted by molar-refractivity contribution is 0.0781. The second-order valence-electron chi connectivity index (χ2n) is 6.90. The van der Waals surface area contributed by atoms with Crippen LogP contribution in [-0.4, -0.2) is 48.2 Å². The number of halogens is 1. The van der Waals surface area contributed by atoms with Crippen molar-refractivity contribution in [2.24, 2.45) is 5.41 Å². The molecule has 2 aliphatic heterocycles. The van der Waals surface area contributed by atoms with E-state index in [0.29, 0.717) is 29.4 Å². The summed E-state index contributed by atoms with van der Waals surface area (Å²) in [6.45, 7) is 1.14. The summed E-state index contributed by atoms with van der Waals surface area (Å²) in [5.41, 5.74) is 1.43. The first-order valence-corrected chi connectivity index (χ1v) is 11.1. The molecule has 2 saturated heterocycles. The lowest BCUT2D eigenvalue weighted by Gasteiger charge is -2.21. The van der Waals surface area contributed by atoms with Crippen molar-refractivity contribution in [1.29, 1.82) is 0 Å². The van der Waals surface area contributed by atoms with Crippen LogP contribution in [0.1, 0.15) is 22.5 Å². The summed E-state index contributed by atoms with van der Waals surface area (Å²) in [5.74, 6) is 0.401. The molecule has 1 spiro atoms. The summed E-state index contributed by atoms with van der Waals surface area (Å²) in [6, 6.07) is 9.14. The summed E-state index contributed by atoms with van der Waals surface area (Å²) >= 11 is 7.08. The maximum atomic E-state index is 12.8. The largest absolute Gasteiger partial charge is 0.337 e. The van der Waals surface area contributed by atoms with Gasteiger partial charge in [-0.1, -0.05) is 23.7 Å². The molecule has 1 unspecified atom stereocenters. The van der Waals surface area contributed by atoms with Crippen LogP contribution in [0.2, 0.25) is 5.02 Å². The van der Waals surface area contributed by atoms with Gasteiger partial charge >= 0.3 is 0 Å². The third kappa shape index (κ3) is 3.32. The van der Waals surface area contributed by atoms with E-state index < -0.39 is 9.84 Å². The second-order valence-corrected chi connectivity index (χ2v) is 10.3. The molecule has 1 atom stereocenters. The van der Waals surface area contributed by atoms with E-state index >= 15 is 0 Å². The van der Waals surface area contributed by atoms with E-state index in [1.54, 1.807) is 23.1 Å². The fourth-order valence-corrected chi connectivity index (χ4v) is 6.76. The molecule has 0 radical (unpaired) electrons. The summed E-state index contributed by atoms with van der Waals surface area (Å²) in [6.07, 6.45) is 1.43. The molecule has 5 nitrogen and oxygen atoms in total. The Kier molecular flexibility index (Phi) is 4.13. The average molecular weight is 397 g/mol. The summed E-state index contributed by atoms with van der Waals surface area (Å²) in [5, 5.41) is 0.657. The Balaban J connectivity index is 1.50. The average Bonchev–Trinajstić information content (AvgIpc) is 3.27. The zero-order valence-corrected chi connectivity index (χ0v) is 15.8. The molecule has 0 bridgehead atoms. The number of aromatic nitrogens is 1. The monoisotopic (exact) mass is 396 g/mol. The van der Waals surface area contributed by atoms with Crippen LogP contribution in [0.15, 0.2) is 30.3 Å². The highest BCUT2D eigenvalue weighted by Crippen LogP contribution is 2.41. The van der Waals surface area contributed by atoms with Crippen LogP contribution in [0.4, 0.5) is 0 Å². The van der Waals surface area contributed by atoms with Crippen molar-refractivity contribution in [3.63, 3.8) is 0 Å². The zero-order chi connectivity index (χ0) is 17.7. The van der Waals surface area contributed by atoms with Crippen LogP contribution < -0.4 is 0 Å². The molecule has 132 valence electrons. The first-order chi connectivity index (χ1) is 11.9. The molecule has 2 aromatic rings. The number of carbonyl (C=O) groups excluding carboxylic acids is 1. The number of hydrogen-bond donors (Lipinski definition) is 0. The van der Waals surface area contributed by atoms with Crippen molar-refractivity contribution >= 4 is 38.9 Å². The lowest BCUT2D eigenvalue weighted by Crippen LogP contribution is -2.32. The molecule has 3 heterocycles. The van der Waals surface area contributed by atoms with Gasteiger partial charge in [0.05, 0.1) is 17.2 Å². The summed E-state index contributed by atoms with van der Waals surface area (Å²) in [7, 11) is -2.95. The third-order valence-corrected chi connectivity index (χ3v) is 7.96. The molecular weight excluding hydrogens is 380 g/mol. The Morgan fingerprint density at radius 3 is 2.68 bits per heavy atom. The van der Waals surface area contributed by atoms with E-state index in [1.165, 1.54) is 11.5 Å². The van der Waals surface area contributed by atoms with E-state index in [1.807, 2.05) is 12.1 Å². The molecule has 25 heavy (non-hydrogen) atoms. The smallest absolute Gasteiger partial charge is 0.265 e. The maximum absolute atomic E-state index is 12.8. The fraction of sp³-hybridized carbons (Fsp3) is 0.412. The number of hydrogen-bond acceptors (Lipinski definition) is 5. The van der Waals surface area contributed by atoms with Gasteiger partial charge in [-0.05, 0) is 42.6 Å². The highest BCUT2D eigenvalue weighted by atomic mass is 35.5. The van der Waals surface area contributed by atoms with Gasteiger partial charge in [0.25, 0.3) is 5.91 Å². The number of likely N-dealkylation sites (tertiary alicyclic amines) is 1. The van der Waals surface area contributed by atoms with Crippen molar-refractivity contribution in [3.05, 3.63) is 40.2 Å². The third-order valence-electron chi connectivity index (χ3n) is 5.06. The van der Waals surface area contributed by atoms with E-state index in [-0.39, 0.29) is 22.8 Å². The Bertz CT molecular complexity index is 924. The first-order valence-electron chi connectivity index (χ1n) is 8.08. The predicted molar refractivity (Wildman–Crippen MR) is 98.8 cm³/mol. The van der Waals surface area contributed by atoms with E-state index in [4.69, 9.17) is 11.6 Å². The van der Waals surface area contributed by atoms with Crippen molar-refractivity contribution in [1.82, 2.24) is 9.27 Å². The van der Waals surface area contributed by atoms with Crippen molar-refractivity contribution in [2.75, 3.05) is 24.6 Å². The molecule has 0 N–H and O–H groups in total. The van der Waals surface area contributed by atoms with Gasteiger partial charge in [0.15, 0.2) is 9.84 Å². The number of benzene rings is 1. The predicted octanol–water partition coefficient (Wildman–Crippen LogP) is 3.11. The van der Waals surface area contributed by atoms with Crippen LogP contribution in [0.5, 0.6) is 0 Å². The minimum atomic E-state index is -2.95. The number of rotatable bonds is 2. The molecule has 1 aromatic carbocycles. The number of amides is 1. The molecule has 4 rings (SSSR count). The molecule has 1 amide bonds. The Morgan fingerprint density at radius 2 is 2.00 bits per heavy atom. The van der Waals surface area contributed by atoms with Crippen LogP contribution in [0, 0.1) is 5.41 Å². The maximum Gasteiger partial charge on any atom is 0.265 e. The first kappa shape index (κ1) is 17.0. The number of nitrogens with zero attached hydrogens (tertiary/aromatic N) is 2. The highest BCUT2D eigenvalue weighted by molar-refractivity contribution is 7.91. The van der Waals surface area contributed by atoms with E-state index in [2.05, 4.69) is 4.37 Å². The molecule has 2 fully saturated rings. The summed E-state index contributed by atoms with van der Waals surface area (Å²) in [4.78, 5) is 15.1. The molecule has 2 aliphatic rings. The second kappa shape index (κ2) is 6.07. The molecular formula is C17H17ClN2O3S2. The minimum absolute atomic E-state index is 0.0566. The summed E-state index contributed by atoms with van der Waals surface area (Å²) < 4.78 is 28.0. The van der Waals surface area contributed by atoms with Crippen molar-refractivity contribution < 1.29 is 13.2 Å². The fourth-order valence-electron chi connectivity index (χ4n) is 3.70. The van der Waals surface area contributed by atoms with Gasteiger partial charge in [-0.3, -0.25) is 4.79 Å². The number of carbonyl (C=O) groups is 1. The lowest BCUT2D eigenvalue weighted by atomic mass is 9.87. The SMILES string of the molecule is O=C(c1cc(-c2ccc(Cl)cc2)ns1)N1CCC2(CCS(=O)(=O)C2)C1. The van der Waals surface area contributed by atoms with Gasteiger partial charge in [-0.25, -0.2) is 8.42 Å². The van der Waals surface area contributed by atoms with Crippen molar-refractivity contribution in [2.45, 2.75) is 12.8 Å². The van der Waals surface area contributed by atoms with E-state index in [0.717, 1.165) is 17.7 Å². The quantitative estimate of drug-likeness (QED) is 0.782. The van der Waals surface area contributed by atoms with Crippen LogP contribution in [-0.2, 0) is 9.84 Å². The standard InChI is InChI=1S/C17H17ClN2O3S2/c18-13-3-1-12(2-4-13)14-9-15(24-19-14)16(21)20-7-5-17(10-20)6-8-25(22,23)11-17/h1-4,9H,5-8,10-11H2. The van der Waals surface area contributed by atoms with Gasteiger partial charge in [-0.2, -0.15) is 4.37 Å². The zero-order valence-electron chi connectivity index (χ0n) is 13.4. The van der Waals surface area contributed by atoms with Gasteiger partial charge < -0.3 is 4.90 Å². The van der Waals surface area contributed by atoms with Gasteiger partial charge in [0, 0.05) is 29.1 Å². The topological polar surface area (TPSA) is 67.3 Å². The Hall–Kier alpha value is -1.44. The Labute approximate surface area is 155 Å². The Morgan fingerprint density at radius 1 is 1.24 bits per heavy atom. The highest BCUT2D eigenvalue weighted by Gasteiger charge is 2.47. The molecule has 8 heteroatoms. The van der Waals surface area contributed by atoms with Gasteiger partial charge in [-0.15, -0.1) is 0 Å². The normalized spacial score (nSPS) is 24.9. The van der Waals surface area contributed by atoms with Crippen LogP contribution in [0.3, 0.4) is 0 Å². The van der Waals surface area contributed by atoms with Gasteiger partial charge in [0.2, 0.25) is 0 Å². The number of sulfone groups is 1. The molecule has 0 aliphatic carbocycles. The molecule has 1 aromatic heterocycles. The molecule has 0 saturated carbocycles. The van der Waals surface area contributed by atoms with Gasteiger partial charge in [0.1, 0.15) is 4.88 Å². The minimum Gasteiger partial charge on any atom is -0.337 e. The van der Waals surface area contributed by atoms with Crippen molar-refractivity contribution in [3.8, 4) is 11.3 Å². The van der Waals surface area contributed by atoms with Crippen LogP contribution in [0.25, 0.3) is 11.3 Å². The van der Waals surface area contributed by atoms with E-state index in [9.17, 15) is 13.2 Å². The van der Waals surface area contributed by atoms with Crippen LogP contribution >= 0.6 is 23.1 Å².